The van der Waals surface area contributed by atoms with Crippen molar-refractivity contribution in [2.75, 3.05) is 13.2 Å². The van der Waals surface area contributed by atoms with Gasteiger partial charge in [-0.1, -0.05) is 208 Å². The molecule has 0 rings (SSSR count). The zero-order valence-corrected chi connectivity index (χ0v) is 35.4. The van der Waals surface area contributed by atoms with Gasteiger partial charge >= 0.3 is 17.9 Å². The topological polar surface area (TPSA) is 78.9 Å². The minimum Gasteiger partial charge on any atom is -0.462 e. The molecule has 2 atom stereocenters. The lowest BCUT2D eigenvalue weighted by Gasteiger charge is -2.18. The van der Waals surface area contributed by atoms with Crippen LogP contribution in [0.15, 0.2) is 0 Å². The first kappa shape index (κ1) is 50.4. The molecule has 0 aliphatic rings. The van der Waals surface area contributed by atoms with Crippen LogP contribution in [0.25, 0.3) is 0 Å². The smallest absolute Gasteiger partial charge is 0.306 e. The van der Waals surface area contributed by atoms with Crippen molar-refractivity contribution >= 4 is 17.9 Å². The molecule has 0 amide bonds. The van der Waals surface area contributed by atoms with Gasteiger partial charge in [0.15, 0.2) is 6.10 Å². The highest BCUT2D eigenvalue weighted by molar-refractivity contribution is 5.71. The number of hydrogen-bond acceptors (Lipinski definition) is 6. The summed E-state index contributed by atoms with van der Waals surface area (Å²) in [7, 11) is 0. The first-order valence-electron chi connectivity index (χ1n) is 22.8. The standard InChI is InChI=1S/C46H88O6/c1-6-8-9-10-11-12-13-14-15-16-21-28-33-38-46(49)52-43(40-51-45(48)37-32-27-23-22-25-30-35-42(5)7-2)39-50-44(47)36-31-26-20-18-17-19-24-29-34-41(3)4/h41-43H,6-40H2,1-5H3/t42?,43-/m1/s1. The second-order valence-corrected chi connectivity index (χ2v) is 16.4. The van der Waals surface area contributed by atoms with E-state index in [9.17, 15) is 14.4 Å². The molecule has 0 spiro atoms. The maximum absolute atomic E-state index is 12.7. The van der Waals surface area contributed by atoms with E-state index in [4.69, 9.17) is 14.2 Å². The maximum Gasteiger partial charge on any atom is 0.306 e. The van der Waals surface area contributed by atoms with Gasteiger partial charge in [0.1, 0.15) is 13.2 Å². The fourth-order valence-electron chi connectivity index (χ4n) is 6.72. The number of ether oxygens (including phenoxy) is 3. The van der Waals surface area contributed by atoms with Crippen LogP contribution >= 0.6 is 0 Å². The summed E-state index contributed by atoms with van der Waals surface area (Å²) in [5.41, 5.74) is 0. The Morgan fingerprint density at radius 1 is 0.404 bits per heavy atom. The molecular weight excluding hydrogens is 648 g/mol. The molecule has 0 aromatic heterocycles. The second-order valence-electron chi connectivity index (χ2n) is 16.4. The average molecular weight is 737 g/mol. The van der Waals surface area contributed by atoms with Crippen molar-refractivity contribution in [2.45, 2.75) is 253 Å². The predicted molar refractivity (Wildman–Crippen MR) is 220 cm³/mol. The maximum atomic E-state index is 12.7. The summed E-state index contributed by atoms with van der Waals surface area (Å²) in [5.74, 6) is 0.749. The van der Waals surface area contributed by atoms with E-state index in [1.54, 1.807) is 0 Å². The molecule has 0 saturated heterocycles. The molecule has 0 aliphatic heterocycles. The highest BCUT2D eigenvalue weighted by atomic mass is 16.6. The number of unbranched alkanes of at least 4 members (excludes halogenated alkanes) is 24. The van der Waals surface area contributed by atoms with Gasteiger partial charge in [-0.2, -0.15) is 0 Å². The van der Waals surface area contributed by atoms with Crippen LogP contribution in [0.1, 0.15) is 247 Å². The van der Waals surface area contributed by atoms with E-state index in [1.807, 2.05) is 0 Å². The van der Waals surface area contributed by atoms with Crippen LogP contribution in [0.4, 0.5) is 0 Å². The van der Waals surface area contributed by atoms with Crippen molar-refractivity contribution in [3.63, 3.8) is 0 Å². The van der Waals surface area contributed by atoms with Crippen molar-refractivity contribution in [3.05, 3.63) is 0 Å². The van der Waals surface area contributed by atoms with Crippen LogP contribution in [0.3, 0.4) is 0 Å². The van der Waals surface area contributed by atoms with Crippen molar-refractivity contribution in [1.82, 2.24) is 0 Å². The summed E-state index contributed by atoms with van der Waals surface area (Å²) < 4.78 is 16.7. The Morgan fingerprint density at radius 2 is 0.731 bits per heavy atom. The van der Waals surface area contributed by atoms with E-state index < -0.39 is 6.10 Å². The summed E-state index contributed by atoms with van der Waals surface area (Å²) in [5, 5.41) is 0. The number of hydrogen-bond donors (Lipinski definition) is 0. The Hall–Kier alpha value is -1.59. The third-order valence-electron chi connectivity index (χ3n) is 10.6. The Balaban J connectivity index is 4.35. The number of carbonyl (C=O) groups is 3. The molecule has 0 aromatic rings. The van der Waals surface area contributed by atoms with Crippen LogP contribution in [0.5, 0.6) is 0 Å². The van der Waals surface area contributed by atoms with Crippen LogP contribution in [-0.4, -0.2) is 37.2 Å². The third-order valence-corrected chi connectivity index (χ3v) is 10.6. The number of esters is 3. The summed E-state index contributed by atoms with van der Waals surface area (Å²) in [6, 6.07) is 0. The molecule has 0 heterocycles. The van der Waals surface area contributed by atoms with E-state index in [0.29, 0.717) is 19.3 Å². The quantitative estimate of drug-likeness (QED) is 0.0354. The second kappa shape index (κ2) is 39.1. The van der Waals surface area contributed by atoms with Gasteiger partial charge in [0.05, 0.1) is 0 Å². The lowest BCUT2D eigenvalue weighted by molar-refractivity contribution is -0.167. The zero-order valence-electron chi connectivity index (χ0n) is 35.4. The third kappa shape index (κ3) is 38.1. The van der Waals surface area contributed by atoms with Crippen molar-refractivity contribution < 1.29 is 28.6 Å². The van der Waals surface area contributed by atoms with Crippen LogP contribution in [-0.2, 0) is 28.6 Å². The van der Waals surface area contributed by atoms with Crippen molar-refractivity contribution in [3.8, 4) is 0 Å². The Morgan fingerprint density at radius 3 is 1.10 bits per heavy atom. The summed E-state index contributed by atoms with van der Waals surface area (Å²) in [6.07, 6.45) is 36.6. The summed E-state index contributed by atoms with van der Waals surface area (Å²) >= 11 is 0. The minimum absolute atomic E-state index is 0.0660. The van der Waals surface area contributed by atoms with Crippen LogP contribution in [0, 0.1) is 11.8 Å². The zero-order chi connectivity index (χ0) is 38.3. The van der Waals surface area contributed by atoms with Gasteiger partial charge in [-0.05, 0) is 31.1 Å². The normalized spacial score (nSPS) is 12.6. The SMILES string of the molecule is CCCCCCCCCCCCCCCC(=O)O[C@H](COC(=O)CCCCCCCCCCC(C)C)COC(=O)CCCCCCCCC(C)CC. The fourth-order valence-corrected chi connectivity index (χ4v) is 6.72. The average Bonchev–Trinajstić information content (AvgIpc) is 3.12. The first-order chi connectivity index (χ1) is 25.3. The molecular formula is C46H88O6. The molecule has 0 saturated carbocycles. The summed E-state index contributed by atoms with van der Waals surface area (Å²) in [6.45, 7) is 11.3. The Kier molecular flexibility index (Phi) is 37.9. The molecule has 0 aliphatic carbocycles. The van der Waals surface area contributed by atoms with Crippen LogP contribution in [0.2, 0.25) is 0 Å². The predicted octanol–water partition coefficient (Wildman–Crippen LogP) is 14.2. The highest BCUT2D eigenvalue weighted by Crippen LogP contribution is 2.17. The van der Waals surface area contributed by atoms with Gasteiger partial charge in [-0.25, -0.2) is 0 Å². The molecule has 0 radical (unpaired) electrons. The highest BCUT2D eigenvalue weighted by Gasteiger charge is 2.19. The molecule has 0 fully saturated rings. The van der Waals surface area contributed by atoms with Crippen LogP contribution < -0.4 is 0 Å². The lowest BCUT2D eigenvalue weighted by Crippen LogP contribution is -2.30. The largest absolute Gasteiger partial charge is 0.462 e. The summed E-state index contributed by atoms with van der Waals surface area (Å²) in [4.78, 5) is 37.7. The molecule has 0 bridgehead atoms. The molecule has 6 heteroatoms. The van der Waals surface area contributed by atoms with Gasteiger partial charge in [0.2, 0.25) is 0 Å². The molecule has 52 heavy (non-hydrogen) atoms. The number of rotatable bonds is 40. The number of carbonyl (C=O) groups excluding carboxylic acids is 3. The minimum atomic E-state index is -0.761. The van der Waals surface area contributed by atoms with Gasteiger partial charge in [-0.3, -0.25) is 14.4 Å². The van der Waals surface area contributed by atoms with E-state index in [2.05, 4.69) is 34.6 Å². The molecule has 6 nitrogen and oxygen atoms in total. The van der Waals surface area contributed by atoms with Crippen molar-refractivity contribution in [1.29, 1.82) is 0 Å². The van der Waals surface area contributed by atoms with Crippen molar-refractivity contribution in [2.24, 2.45) is 11.8 Å². The Bertz CT molecular complexity index is 796. The molecule has 0 aromatic carbocycles. The van der Waals surface area contributed by atoms with E-state index in [0.717, 1.165) is 69.6 Å². The van der Waals surface area contributed by atoms with Gasteiger partial charge in [0.25, 0.3) is 0 Å². The van der Waals surface area contributed by atoms with Gasteiger partial charge < -0.3 is 14.2 Å². The Labute approximate surface area is 323 Å². The van der Waals surface area contributed by atoms with E-state index in [1.165, 1.54) is 135 Å². The van der Waals surface area contributed by atoms with E-state index in [-0.39, 0.29) is 31.1 Å². The monoisotopic (exact) mass is 737 g/mol. The molecule has 0 N–H and O–H groups in total. The van der Waals surface area contributed by atoms with E-state index >= 15 is 0 Å². The van der Waals surface area contributed by atoms with Gasteiger partial charge in [-0.15, -0.1) is 0 Å². The fraction of sp³-hybridized carbons (Fsp3) is 0.935. The molecule has 1 unspecified atom stereocenters. The lowest BCUT2D eigenvalue weighted by atomic mass is 10.00. The van der Waals surface area contributed by atoms with Gasteiger partial charge in [0, 0.05) is 19.3 Å². The first-order valence-corrected chi connectivity index (χ1v) is 22.8. The molecule has 308 valence electrons.